The van der Waals surface area contributed by atoms with Gasteiger partial charge in [0.2, 0.25) is 11.8 Å². The predicted molar refractivity (Wildman–Crippen MR) is 57.3 cm³/mol. The van der Waals surface area contributed by atoms with Crippen LogP contribution < -0.4 is 5.32 Å². The second kappa shape index (κ2) is 5.26. The molecule has 15 heavy (non-hydrogen) atoms. The van der Waals surface area contributed by atoms with E-state index >= 15 is 0 Å². The lowest BCUT2D eigenvalue weighted by Gasteiger charge is -2.08. The first kappa shape index (κ1) is 10.6. The maximum absolute atomic E-state index is 5.27. The Morgan fingerprint density at radius 1 is 1.33 bits per heavy atom. The zero-order valence-corrected chi connectivity index (χ0v) is 9.33. The van der Waals surface area contributed by atoms with Crippen molar-refractivity contribution in [2.45, 2.75) is 45.6 Å². The van der Waals surface area contributed by atoms with Gasteiger partial charge in [0.25, 0.3) is 0 Å². The molecule has 0 aromatic carbocycles. The van der Waals surface area contributed by atoms with Crippen LogP contribution in [0.5, 0.6) is 0 Å². The van der Waals surface area contributed by atoms with Crippen molar-refractivity contribution < 1.29 is 4.42 Å². The SMILES string of the molecule is Cc1nnc(CNCCC2CCCC2)o1. The molecule has 0 spiro atoms. The van der Waals surface area contributed by atoms with Gasteiger partial charge in [0, 0.05) is 6.92 Å². The summed E-state index contributed by atoms with van der Waals surface area (Å²) in [7, 11) is 0. The Balaban J connectivity index is 1.58. The normalized spacial score (nSPS) is 17.4. The molecule has 0 atom stereocenters. The molecule has 1 N–H and O–H groups in total. The zero-order chi connectivity index (χ0) is 10.5. The smallest absolute Gasteiger partial charge is 0.230 e. The minimum Gasteiger partial charge on any atom is -0.424 e. The topological polar surface area (TPSA) is 51.0 Å². The van der Waals surface area contributed by atoms with Crippen LogP contribution in [0.15, 0.2) is 4.42 Å². The van der Waals surface area contributed by atoms with Crippen LogP contribution in [0.2, 0.25) is 0 Å². The van der Waals surface area contributed by atoms with E-state index in [2.05, 4.69) is 15.5 Å². The highest BCUT2D eigenvalue weighted by Crippen LogP contribution is 2.26. The quantitative estimate of drug-likeness (QED) is 0.754. The Morgan fingerprint density at radius 2 is 2.13 bits per heavy atom. The summed E-state index contributed by atoms with van der Waals surface area (Å²) < 4.78 is 5.27. The highest BCUT2D eigenvalue weighted by atomic mass is 16.4. The molecule has 2 rings (SSSR count). The summed E-state index contributed by atoms with van der Waals surface area (Å²) in [5.41, 5.74) is 0. The van der Waals surface area contributed by atoms with E-state index < -0.39 is 0 Å². The molecule has 0 unspecified atom stereocenters. The van der Waals surface area contributed by atoms with Crippen molar-refractivity contribution in [3.63, 3.8) is 0 Å². The number of hydrogen-bond donors (Lipinski definition) is 1. The van der Waals surface area contributed by atoms with Crippen molar-refractivity contribution >= 4 is 0 Å². The maximum Gasteiger partial charge on any atom is 0.230 e. The molecule has 1 heterocycles. The Bertz CT molecular complexity index is 292. The lowest BCUT2D eigenvalue weighted by atomic mass is 10.0. The first-order chi connectivity index (χ1) is 7.34. The molecular weight excluding hydrogens is 190 g/mol. The van der Waals surface area contributed by atoms with E-state index in [4.69, 9.17) is 4.42 Å². The molecule has 84 valence electrons. The third-order valence-electron chi connectivity index (χ3n) is 3.05. The largest absolute Gasteiger partial charge is 0.424 e. The van der Waals surface area contributed by atoms with Crippen molar-refractivity contribution in [2.75, 3.05) is 6.54 Å². The molecule has 4 heteroatoms. The van der Waals surface area contributed by atoms with Gasteiger partial charge in [0.15, 0.2) is 0 Å². The van der Waals surface area contributed by atoms with Gasteiger partial charge in [-0.05, 0) is 18.9 Å². The second-order valence-electron chi connectivity index (χ2n) is 4.33. The van der Waals surface area contributed by atoms with Crippen molar-refractivity contribution in [3.8, 4) is 0 Å². The minimum absolute atomic E-state index is 0.641. The molecule has 0 bridgehead atoms. The maximum atomic E-state index is 5.27. The zero-order valence-electron chi connectivity index (χ0n) is 9.33. The van der Waals surface area contributed by atoms with Crippen LogP contribution in [0.4, 0.5) is 0 Å². The van der Waals surface area contributed by atoms with Crippen LogP contribution in [-0.4, -0.2) is 16.7 Å². The lowest BCUT2D eigenvalue weighted by Crippen LogP contribution is -2.17. The Hall–Kier alpha value is -0.900. The fourth-order valence-electron chi connectivity index (χ4n) is 2.21. The number of nitrogens with zero attached hydrogens (tertiary/aromatic N) is 2. The monoisotopic (exact) mass is 209 g/mol. The van der Waals surface area contributed by atoms with Gasteiger partial charge in [-0.1, -0.05) is 25.7 Å². The molecule has 0 amide bonds. The van der Waals surface area contributed by atoms with Crippen LogP contribution in [0.25, 0.3) is 0 Å². The minimum atomic E-state index is 0.641. The number of hydrogen-bond acceptors (Lipinski definition) is 4. The van der Waals surface area contributed by atoms with E-state index in [0.717, 1.165) is 12.5 Å². The molecule has 0 saturated heterocycles. The fourth-order valence-corrected chi connectivity index (χ4v) is 2.21. The molecule has 4 nitrogen and oxygen atoms in total. The van der Waals surface area contributed by atoms with Gasteiger partial charge in [-0.25, -0.2) is 0 Å². The summed E-state index contributed by atoms with van der Waals surface area (Å²) in [6.45, 7) is 3.58. The van der Waals surface area contributed by atoms with Gasteiger partial charge in [-0.2, -0.15) is 0 Å². The molecule has 1 fully saturated rings. The first-order valence-electron chi connectivity index (χ1n) is 5.84. The first-order valence-corrected chi connectivity index (χ1v) is 5.84. The van der Waals surface area contributed by atoms with Gasteiger partial charge >= 0.3 is 0 Å². The standard InChI is InChI=1S/C11H19N3O/c1-9-13-14-11(15-9)8-12-7-6-10-4-2-3-5-10/h10,12H,2-8H2,1H3. The number of aryl methyl sites for hydroxylation is 1. The summed E-state index contributed by atoms with van der Waals surface area (Å²) in [4.78, 5) is 0. The highest BCUT2D eigenvalue weighted by Gasteiger charge is 2.14. The molecule has 1 aromatic rings. The van der Waals surface area contributed by atoms with Crippen molar-refractivity contribution in [3.05, 3.63) is 11.8 Å². The van der Waals surface area contributed by atoms with E-state index in [-0.39, 0.29) is 0 Å². The molecule has 1 saturated carbocycles. The van der Waals surface area contributed by atoms with Gasteiger partial charge in [0.1, 0.15) is 0 Å². The van der Waals surface area contributed by atoms with E-state index in [1.54, 1.807) is 0 Å². The third kappa shape index (κ3) is 3.30. The van der Waals surface area contributed by atoms with Crippen molar-refractivity contribution in [1.82, 2.24) is 15.5 Å². The highest BCUT2D eigenvalue weighted by molar-refractivity contribution is 4.78. The number of nitrogens with one attached hydrogen (secondary N) is 1. The van der Waals surface area contributed by atoms with Crippen molar-refractivity contribution in [1.29, 1.82) is 0 Å². The van der Waals surface area contributed by atoms with Crippen LogP contribution in [0.3, 0.4) is 0 Å². The van der Waals surface area contributed by atoms with Gasteiger partial charge in [-0.3, -0.25) is 0 Å². The van der Waals surface area contributed by atoms with Crippen molar-refractivity contribution in [2.24, 2.45) is 5.92 Å². The van der Waals surface area contributed by atoms with Gasteiger partial charge < -0.3 is 9.73 Å². The lowest BCUT2D eigenvalue weighted by molar-refractivity contribution is 0.427. The fraction of sp³-hybridized carbons (Fsp3) is 0.818. The Labute approximate surface area is 90.5 Å². The van der Waals surface area contributed by atoms with E-state index in [0.29, 0.717) is 18.3 Å². The number of aromatic nitrogens is 2. The van der Waals surface area contributed by atoms with E-state index in [9.17, 15) is 0 Å². The summed E-state index contributed by atoms with van der Waals surface area (Å²) >= 11 is 0. The molecule has 1 aromatic heterocycles. The third-order valence-corrected chi connectivity index (χ3v) is 3.05. The van der Waals surface area contributed by atoms with Crippen LogP contribution in [-0.2, 0) is 6.54 Å². The van der Waals surface area contributed by atoms with E-state index in [1.807, 2.05) is 6.92 Å². The summed E-state index contributed by atoms with van der Waals surface area (Å²) in [5, 5.41) is 11.1. The second-order valence-corrected chi connectivity index (χ2v) is 4.33. The number of rotatable bonds is 5. The molecule has 1 aliphatic rings. The summed E-state index contributed by atoms with van der Waals surface area (Å²) in [6, 6.07) is 0. The van der Waals surface area contributed by atoms with Gasteiger partial charge in [-0.15, -0.1) is 10.2 Å². The predicted octanol–water partition coefficient (Wildman–Crippen LogP) is 2.05. The average molecular weight is 209 g/mol. The van der Waals surface area contributed by atoms with Crippen LogP contribution in [0, 0.1) is 12.8 Å². The summed E-state index contributed by atoms with van der Waals surface area (Å²) in [5.74, 6) is 2.28. The summed E-state index contributed by atoms with van der Waals surface area (Å²) in [6.07, 6.45) is 6.97. The van der Waals surface area contributed by atoms with Crippen LogP contribution in [0.1, 0.15) is 43.9 Å². The average Bonchev–Trinajstić information content (AvgIpc) is 2.84. The Morgan fingerprint density at radius 3 is 2.80 bits per heavy atom. The van der Waals surface area contributed by atoms with E-state index in [1.165, 1.54) is 32.1 Å². The molecule has 0 radical (unpaired) electrons. The molecule has 0 aliphatic heterocycles. The molecule has 1 aliphatic carbocycles. The molecular formula is C11H19N3O. The Kier molecular flexibility index (Phi) is 3.72. The van der Waals surface area contributed by atoms with Crippen LogP contribution >= 0.6 is 0 Å². The van der Waals surface area contributed by atoms with Gasteiger partial charge in [0.05, 0.1) is 6.54 Å².